The molecule has 2 N–H and O–H groups in total. The number of nitrogens with zero attached hydrogens (tertiary/aromatic N) is 4. The Kier molecular flexibility index (Phi) is 8.24. The Labute approximate surface area is 220 Å². The molecular weight excluding hydrogens is 546 g/mol. The van der Waals surface area contributed by atoms with Crippen molar-refractivity contribution in [2.24, 2.45) is 5.10 Å². The van der Waals surface area contributed by atoms with Crippen molar-refractivity contribution in [1.82, 2.24) is 20.2 Å². The number of carbonyl (C=O) groups excluding carboxylic acids is 1. The fraction of sp³-hybridized carbons (Fsp3) is 0.120. The minimum Gasteiger partial charge on any atom is -0.503 e. The number of hydrogen-bond acceptors (Lipinski definition) is 8. The van der Waals surface area contributed by atoms with Crippen molar-refractivity contribution < 1.29 is 19.4 Å². The van der Waals surface area contributed by atoms with E-state index in [1.54, 1.807) is 19.2 Å². The molecule has 184 valence electrons. The van der Waals surface area contributed by atoms with Crippen LogP contribution in [-0.4, -0.2) is 52.0 Å². The average Bonchev–Trinajstić information content (AvgIpc) is 3.34. The molecule has 9 nitrogen and oxygen atoms in total. The molecule has 1 amide bonds. The molecule has 1 heterocycles. The first-order valence-corrected chi connectivity index (χ1v) is 12.4. The minimum absolute atomic E-state index is 0.00840. The van der Waals surface area contributed by atoms with Crippen molar-refractivity contribution in [3.05, 3.63) is 76.8 Å². The highest BCUT2D eigenvalue weighted by Crippen LogP contribution is 2.34. The number of rotatable bonds is 9. The molecule has 36 heavy (non-hydrogen) atoms. The molecule has 0 aliphatic heterocycles. The van der Waals surface area contributed by atoms with E-state index >= 15 is 0 Å². The third-order valence-electron chi connectivity index (χ3n) is 5.00. The Morgan fingerprint density at radius 3 is 2.56 bits per heavy atom. The Morgan fingerprint density at radius 1 is 1.11 bits per heavy atom. The van der Waals surface area contributed by atoms with Crippen LogP contribution in [0.3, 0.4) is 0 Å². The molecule has 0 saturated heterocycles. The Hall–Kier alpha value is -3.83. The highest BCUT2D eigenvalue weighted by molar-refractivity contribution is 9.10. The summed E-state index contributed by atoms with van der Waals surface area (Å²) in [5, 5.41) is 23.2. The van der Waals surface area contributed by atoms with E-state index in [4.69, 9.17) is 9.47 Å². The number of aromatic hydroxyl groups is 1. The zero-order valence-corrected chi connectivity index (χ0v) is 21.8. The van der Waals surface area contributed by atoms with Crippen LogP contribution in [-0.2, 0) is 4.79 Å². The average molecular weight is 568 g/mol. The van der Waals surface area contributed by atoms with Gasteiger partial charge in [-0.15, -0.1) is 10.2 Å². The quantitative estimate of drug-likeness (QED) is 0.172. The molecule has 11 heteroatoms. The van der Waals surface area contributed by atoms with E-state index in [-0.39, 0.29) is 17.4 Å². The maximum absolute atomic E-state index is 12.5. The van der Waals surface area contributed by atoms with Crippen LogP contribution in [0.25, 0.3) is 17.1 Å². The molecule has 1 aromatic heterocycles. The number of hydrazone groups is 1. The van der Waals surface area contributed by atoms with Gasteiger partial charge in [0, 0.05) is 11.3 Å². The molecule has 0 atom stereocenters. The SMILES string of the molecule is COc1ccc(-n2c(SCC(=O)NN=Cc3cc(Br)c(O)c(OC)c3)nnc2-c2ccccc2)cc1. The smallest absolute Gasteiger partial charge is 0.250 e. The van der Waals surface area contributed by atoms with Gasteiger partial charge >= 0.3 is 0 Å². The number of methoxy groups -OCH3 is 2. The number of halogens is 1. The zero-order valence-electron chi connectivity index (χ0n) is 19.4. The van der Waals surface area contributed by atoms with Gasteiger partial charge in [0.25, 0.3) is 5.91 Å². The maximum atomic E-state index is 12.5. The van der Waals surface area contributed by atoms with E-state index in [1.165, 1.54) is 25.1 Å². The molecule has 4 aromatic rings. The number of hydrogen-bond donors (Lipinski definition) is 2. The lowest BCUT2D eigenvalue weighted by Gasteiger charge is -2.11. The number of amides is 1. The van der Waals surface area contributed by atoms with Crippen LogP contribution in [0.2, 0.25) is 0 Å². The van der Waals surface area contributed by atoms with Gasteiger partial charge in [-0.05, 0) is 57.9 Å². The molecular formula is C25H22BrN5O4S. The van der Waals surface area contributed by atoms with Crippen molar-refractivity contribution in [3.63, 3.8) is 0 Å². The lowest BCUT2D eigenvalue weighted by Crippen LogP contribution is -2.20. The molecule has 0 aliphatic carbocycles. The van der Waals surface area contributed by atoms with Crippen molar-refractivity contribution in [3.8, 4) is 34.3 Å². The predicted molar refractivity (Wildman–Crippen MR) is 142 cm³/mol. The van der Waals surface area contributed by atoms with Gasteiger partial charge < -0.3 is 14.6 Å². The summed E-state index contributed by atoms with van der Waals surface area (Å²) in [4.78, 5) is 12.5. The number of phenolic OH excluding ortho intramolecular Hbond substituents is 1. The van der Waals surface area contributed by atoms with Crippen LogP contribution in [0.4, 0.5) is 0 Å². The third-order valence-corrected chi connectivity index (χ3v) is 6.54. The Morgan fingerprint density at radius 2 is 1.86 bits per heavy atom. The highest BCUT2D eigenvalue weighted by atomic mass is 79.9. The molecule has 0 radical (unpaired) electrons. The molecule has 4 rings (SSSR count). The molecule has 0 saturated carbocycles. The minimum atomic E-state index is -0.313. The predicted octanol–water partition coefficient (Wildman–Crippen LogP) is 4.66. The molecule has 0 bridgehead atoms. The summed E-state index contributed by atoms with van der Waals surface area (Å²) in [6, 6.07) is 20.5. The zero-order chi connectivity index (χ0) is 25.5. The number of carbonyl (C=O) groups is 1. The molecule has 3 aromatic carbocycles. The summed E-state index contributed by atoms with van der Waals surface area (Å²) in [7, 11) is 3.07. The highest BCUT2D eigenvalue weighted by Gasteiger charge is 2.17. The number of benzene rings is 3. The van der Waals surface area contributed by atoms with E-state index in [0.29, 0.717) is 26.8 Å². The first-order chi connectivity index (χ1) is 17.5. The fourth-order valence-corrected chi connectivity index (χ4v) is 4.47. The van der Waals surface area contributed by atoms with Crippen LogP contribution >= 0.6 is 27.7 Å². The lowest BCUT2D eigenvalue weighted by atomic mass is 10.2. The Balaban J connectivity index is 1.49. The number of phenols is 1. The van der Waals surface area contributed by atoms with Gasteiger partial charge in [-0.25, -0.2) is 5.43 Å². The van der Waals surface area contributed by atoms with E-state index in [1.807, 2.05) is 59.2 Å². The van der Waals surface area contributed by atoms with Gasteiger partial charge in [-0.3, -0.25) is 9.36 Å². The van der Waals surface area contributed by atoms with Crippen molar-refractivity contribution >= 4 is 39.8 Å². The number of aromatic nitrogens is 3. The summed E-state index contributed by atoms with van der Waals surface area (Å²) in [5.41, 5.74) is 4.88. The number of nitrogens with one attached hydrogen (secondary N) is 1. The topological polar surface area (TPSA) is 111 Å². The van der Waals surface area contributed by atoms with Crippen LogP contribution in [0.1, 0.15) is 5.56 Å². The van der Waals surface area contributed by atoms with Gasteiger partial charge in [0.1, 0.15) is 5.75 Å². The Bertz CT molecular complexity index is 1380. The maximum Gasteiger partial charge on any atom is 0.250 e. The number of thioether (sulfide) groups is 1. The third kappa shape index (κ3) is 5.86. The van der Waals surface area contributed by atoms with Crippen LogP contribution in [0.15, 0.2) is 81.5 Å². The monoisotopic (exact) mass is 567 g/mol. The normalized spacial score (nSPS) is 11.0. The second-order valence-corrected chi connectivity index (χ2v) is 9.14. The largest absolute Gasteiger partial charge is 0.503 e. The van der Waals surface area contributed by atoms with Gasteiger partial charge in [0.2, 0.25) is 0 Å². The summed E-state index contributed by atoms with van der Waals surface area (Å²) in [6.07, 6.45) is 1.46. The lowest BCUT2D eigenvalue weighted by molar-refractivity contribution is -0.118. The molecule has 0 fully saturated rings. The summed E-state index contributed by atoms with van der Waals surface area (Å²) in [6.45, 7) is 0. The summed E-state index contributed by atoms with van der Waals surface area (Å²) in [5.74, 6) is 1.44. The fourth-order valence-electron chi connectivity index (χ4n) is 3.27. The number of ether oxygens (including phenoxy) is 2. The van der Waals surface area contributed by atoms with E-state index in [9.17, 15) is 9.90 Å². The standard InChI is InChI=1S/C25H22BrN5O4S/c1-34-19-10-8-18(9-11-19)31-24(17-6-4-3-5-7-17)29-30-25(31)36-15-22(32)28-27-14-16-12-20(26)23(33)21(13-16)35-2/h3-14,33H,15H2,1-2H3,(H,28,32). The second-order valence-electron chi connectivity index (χ2n) is 7.34. The van der Waals surface area contributed by atoms with E-state index in [2.05, 4.69) is 36.7 Å². The van der Waals surface area contributed by atoms with Gasteiger partial charge in [-0.1, -0.05) is 42.1 Å². The van der Waals surface area contributed by atoms with Crippen LogP contribution in [0, 0.1) is 0 Å². The first-order valence-electron chi connectivity index (χ1n) is 10.7. The van der Waals surface area contributed by atoms with Crippen molar-refractivity contribution in [2.45, 2.75) is 5.16 Å². The first kappa shape index (κ1) is 25.3. The summed E-state index contributed by atoms with van der Waals surface area (Å²) < 4.78 is 12.7. The summed E-state index contributed by atoms with van der Waals surface area (Å²) >= 11 is 4.50. The van der Waals surface area contributed by atoms with Crippen LogP contribution in [0.5, 0.6) is 17.2 Å². The molecule has 0 spiro atoms. The van der Waals surface area contributed by atoms with Gasteiger partial charge in [0.15, 0.2) is 22.5 Å². The van der Waals surface area contributed by atoms with Gasteiger partial charge in [0.05, 0.1) is 30.7 Å². The second kappa shape index (κ2) is 11.7. The van der Waals surface area contributed by atoms with E-state index in [0.717, 1.165) is 17.0 Å². The van der Waals surface area contributed by atoms with Crippen molar-refractivity contribution in [2.75, 3.05) is 20.0 Å². The van der Waals surface area contributed by atoms with E-state index < -0.39 is 0 Å². The van der Waals surface area contributed by atoms with Crippen molar-refractivity contribution in [1.29, 1.82) is 0 Å². The van der Waals surface area contributed by atoms with Gasteiger partial charge in [-0.2, -0.15) is 5.10 Å². The van der Waals surface area contributed by atoms with Crippen LogP contribution < -0.4 is 14.9 Å². The molecule has 0 unspecified atom stereocenters. The molecule has 0 aliphatic rings.